The van der Waals surface area contributed by atoms with Gasteiger partial charge in [0.2, 0.25) is 0 Å². The normalized spacial score (nSPS) is 11.4. The lowest BCUT2D eigenvalue weighted by molar-refractivity contribution is -0.140. The molecule has 96 valence electrons. The number of rotatable bonds is 9. The molecule has 0 aromatic carbocycles. The zero-order valence-electron chi connectivity index (χ0n) is 9.65. The van der Waals surface area contributed by atoms with Gasteiger partial charge < -0.3 is 4.74 Å². The smallest absolute Gasteiger partial charge is 0.323 e. The summed E-state index contributed by atoms with van der Waals surface area (Å²) in [5.41, 5.74) is 0. The summed E-state index contributed by atoms with van der Waals surface area (Å²) in [6, 6.07) is 0. The first kappa shape index (κ1) is 15.4. The van der Waals surface area contributed by atoms with Crippen LogP contribution in [0.1, 0.15) is 45.4 Å². The van der Waals surface area contributed by atoms with Crippen molar-refractivity contribution in [3.63, 3.8) is 0 Å². The molecule has 0 unspecified atom stereocenters. The van der Waals surface area contributed by atoms with Gasteiger partial charge in [0.05, 0.1) is 6.61 Å². The van der Waals surface area contributed by atoms with Crippen molar-refractivity contribution in [1.82, 2.24) is 0 Å². The highest BCUT2D eigenvalue weighted by Crippen LogP contribution is 2.04. The van der Waals surface area contributed by atoms with Gasteiger partial charge in [-0.05, 0) is 6.42 Å². The summed E-state index contributed by atoms with van der Waals surface area (Å²) in [7, 11) is -4.25. The van der Waals surface area contributed by atoms with Crippen molar-refractivity contribution < 1.29 is 22.5 Å². The Morgan fingerprint density at radius 1 is 1.12 bits per heavy atom. The molecule has 0 radical (unpaired) electrons. The van der Waals surface area contributed by atoms with Crippen LogP contribution in [0.4, 0.5) is 0 Å². The van der Waals surface area contributed by atoms with E-state index in [0.717, 1.165) is 19.3 Å². The van der Waals surface area contributed by atoms with E-state index in [1.807, 2.05) is 0 Å². The Balaban J connectivity index is 3.35. The topological polar surface area (TPSA) is 80.7 Å². The quantitative estimate of drug-likeness (QED) is 0.384. The Morgan fingerprint density at radius 3 is 2.25 bits per heavy atom. The van der Waals surface area contributed by atoms with Crippen molar-refractivity contribution in [2.45, 2.75) is 45.4 Å². The molecule has 0 rings (SSSR count). The van der Waals surface area contributed by atoms with Gasteiger partial charge in [-0.2, -0.15) is 8.42 Å². The molecule has 0 aliphatic heterocycles. The molecule has 0 saturated heterocycles. The zero-order chi connectivity index (χ0) is 12.4. The molecule has 16 heavy (non-hydrogen) atoms. The van der Waals surface area contributed by atoms with Crippen molar-refractivity contribution in [2.24, 2.45) is 0 Å². The van der Waals surface area contributed by atoms with E-state index in [9.17, 15) is 13.2 Å². The molecule has 5 nitrogen and oxygen atoms in total. The number of esters is 1. The van der Waals surface area contributed by atoms with Gasteiger partial charge in [-0.3, -0.25) is 9.35 Å². The van der Waals surface area contributed by atoms with Crippen molar-refractivity contribution >= 4 is 16.1 Å². The van der Waals surface area contributed by atoms with E-state index in [1.54, 1.807) is 0 Å². The average Bonchev–Trinajstić information content (AvgIpc) is 2.13. The van der Waals surface area contributed by atoms with E-state index in [2.05, 4.69) is 11.7 Å². The number of carbonyl (C=O) groups excluding carboxylic acids is 1. The maximum absolute atomic E-state index is 10.8. The summed E-state index contributed by atoms with van der Waals surface area (Å²) >= 11 is 0. The summed E-state index contributed by atoms with van der Waals surface area (Å²) in [5, 5.41) is 0. The second kappa shape index (κ2) is 8.52. The Morgan fingerprint density at radius 2 is 1.69 bits per heavy atom. The second-order valence-electron chi connectivity index (χ2n) is 3.71. The van der Waals surface area contributed by atoms with Crippen LogP contribution < -0.4 is 0 Å². The lowest BCUT2D eigenvalue weighted by Gasteiger charge is -2.03. The molecule has 0 aromatic heterocycles. The third-order valence-electron chi connectivity index (χ3n) is 2.06. The first-order chi connectivity index (χ1) is 7.45. The molecule has 6 heteroatoms. The summed E-state index contributed by atoms with van der Waals surface area (Å²) in [5.74, 6) is -1.85. The van der Waals surface area contributed by atoms with E-state index in [-0.39, 0.29) is 6.61 Å². The van der Waals surface area contributed by atoms with Gasteiger partial charge in [0.25, 0.3) is 10.1 Å². The Bertz CT molecular complexity index is 284. The highest BCUT2D eigenvalue weighted by atomic mass is 32.2. The Hall–Kier alpha value is -0.620. The van der Waals surface area contributed by atoms with Gasteiger partial charge in [0.15, 0.2) is 5.75 Å². The standard InChI is InChI=1S/C10H20O5S/c1-2-3-4-5-6-7-8-15-10(11)9-16(12,13)14/h2-9H2,1H3,(H,12,13,14). The maximum atomic E-state index is 10.8. The molecule has 0 aliphatic rings. The lowest BCUT2D eigenvalue weighted by atomic mass is 10.1. The molecule has 0 amide bonds. The molecule has 0 aliphatic carbocycles. The fourth-order valence-corrected chi connectivity index (χ4v) is 1.64. The van der Waals surface area contributed by atoms with Crippen LogP contribution >= 0.6 is 0 Å². The van der Waals surface area contributed by atoms with Crippen molar-refractivity contribution in [1.29, 1.82) is 0 Å². The fraction of sp³-hybridized carbons (Fsp3) is 0.900. The number of carbonyl (C=O) groups is 1. The SMILES string of the molecule is CCCCCCCCOC(=O)CS(=O)(=O)O. The molecule has 0 heterocycles. The van der Waals surface area contributed by atoms with Crippen LogP contribution in [0.5, 0.6) is 0 Å². The molecule has 0 spiro atoms. The van der Waals surface area contributed by atoms with Crippen LogP contribution in [0.15, 0.2) is 0 Å². The van der Waals surface area contributed by atoms with Crippen molar-refractivity contribution in [3.05, 3.63) is 0 Å². The molecule has 0 fully saturated rings. The molecular formula is C10H20O5S. The first-order valence-electron chi connectivity index (χ1n) is 5.56. The minimum atomic E-state index is -4.25. The van der Waals surface area contributed by atoms with E-state index < -0.39 is 21.8 Å². The predicted molar refractivity (Wildman–Crippen MR) is 60.8 cm³/mol. The van der Waals surface area contributed by atoms with Gasteiger partial charge >= 0.3 is 5.97 Å². The molecule has 0 bridgehead atoms. The van der Waals surface area contributed by atoms with E-state index in [0.29, 0.717) is 0 Å². The van der Waals surface area contributed by atoms with Gasteiger partial charge in [0, 0.05) is 0 Å². The average molecular weight is 252 g/mol. The van der Waals surface area contributed by atoms with Gasteiger partial charge in [-0.15, -0.1) is 0 Å². The fourth-order valence-electron chi connectivity index (χ4n) is 1.26. The Kier molecular flexibility index (Phi) is 8.19. The third kappa shape index (κ3) is 11.5. The Labute approximate surface area is 96.9 Å². The summed E-state index contributed by atoms with van der Waals surface area (Å²) in [6.45, 7) is 2.36. The van der Waals surface area contributed by atoms with Crippen LogP contribution in [0.3, 0.4) is 0 Å². The molecule has 0 aromatic rings. The third-order valence-corrected chi connectivity index (χ3v) is 2.66. The maximum Gasteiger partial charge on any atom is 0.323 e. The molecular weight excluding hydrogens is 232 g/mol. The van der Waals surface area contributed by atoms with E-state index in [4.69, 9.17) is 4.55 Å². The summed E-state index contributed by atoms with van der Waals surface area (Å²) in [4.78, 5) is 10.8. The van der Waals surface area contributed by atoms with E-state index in [1.165, 1.54) is 19.3 Å². The number of unbranched alkanes of at least 4 members (excludes halogenated alkanes) is 5. The minimum absolute atomic E-state index is 0.223. The zero-order valence-corrected chi connectivity index (χ0v) is 10.5. The van der Waals surface area contributed by atoms with Crippen LogP contribution in [-0.2, 0) is 19.6 Å². The van der Waals surface area contributed by atoms with Gasteiger partial charge in [-0.1, -0.05) is 39.0 Å². The van der Waals surface area contributed by atoms with Crippen LogP contribution in [0, 0.1) is 0 Å². The van der Waals surface area contributed by atoms with Gasteiger partial charge in [0.1, 0.15) is 0 Å². The summed E-state index contributed by atoms with van der Waals surface area (Å²) < 4.78 is 33.6. The van der Waals surface area contributed by atoms with Crippen molar-refractivity contribution in [3.8, 4) is 0 Å². The van der Waals surface area contributed by atoms with Crippen LogP contribution in [0.2, 0.25) is 0 Å². The minimum Gasteiger partial charge on any atom is -0.465 e. The van der Waals surface area contributed by atoms with Gasteiger partial charge in [-0.25, -0.2) is 0 Å². The largest absolute Gasteiger partial charge is 0.465 e. The molecule has 0 atom stereocenters. The summed E-state index contributed by atoms with van der Waals surface area (Å²) in [6.07, 6.45) is 6.38. The van der Waals surface area contributed by atoms with Crippen LogP contribution in [0.25, 0.3) is 0 Å². The van der Waals surface area contributed by atoms with Crippen molar-refractivity contribution in [2.75, 3.05) is 12.4 Å². The highest BCUT2D eigenvalue weighted by Gasteiger charge is 2.13. The first-order valence-corrected chi connectivity index (χ1v) is 7.17. The molecule has 0 saturated carbocycles. The highest BCUT2D eigenvalue weighted by molar-refractivity contribution is 7.86. The van der Waals surface area contributed by atoms with Crippen LogP contribution in [-0.4, -0.2) is 31.3 Å². The number of ether oxygens (including phenoxy) is 1. The number of hydrogen-bond acceptors (Lipinski definition) is 4. The predicted octanol–water partition coefficient (Wildman–Crippen LogP) is 1.78. The number of hydrogen-bond donors (Lipinski definition) is 1. The van der Waals surface area contributed by atoms with E-state index >= 15 is 0 Å². The lowest BCUT2D eigenvalue weighted by Crippen LogP contribution is -2.18. The monoisotopic (exact) mass is 252 g/mol. The molecule has 1 N–H and O–H groups in total. The second-order valence-corrected chi connectivity index (χ2v) is 5.17.